The predicted octanol–water partition coefficient (Wildman–Crippen LogP) is 2.51. The van der Waals surface area contributed by atoms with Crippen LogP contribution in [0.4, 0.5) is 4.39 Å². The van der Waals surface area contributed by atoms with Crippen LogP contribution >= 0.6 is 0 Å². The van der Waals surface area contributed by atoms with E-state index in [0.29, 0.717) is 19.1 Å². The van der Waals surface area contributed by atoms with Gasteiger partial charge in [0.05, 0.1) is 0 Å². The highest BCUT2D eigenvalue weighted by Gasteiger charge is 2.54. The van der Waals surface area contributed by atoms with Crippen molar-refractivity contribution >= 4 is 0 Å². The van der Waals surface area contributed by atoms with E-state index < -0.39 is 5.67 Å². The maximum Gasteiger partial charge on any atom is 0.118 e. The standard InChI is InChI=1S/C10H17FN4/c1-9(2,11)6-15-7-10(5-13-14-12)3-8(15)4-10/h8H,3-7H2,1-2H3. The second-order valence-electron chi connectivity index (χ2n) is 5.57. The lowest BCUT2D eigenvalue weighted by atomic mass is 9.70. The zero-order valence-corrected chi connectivity index (χ0v) is 9.28. The van der Waals surface area contributed by atoms with Gasteiger partial charge in [0.25, 0.3) is 0 Å². The van der Waals surface area contributed by atoms with E-state index >= 15 is 0 Å². The molecule has 0 radical (unpaired) electrons. The summed E-state index contributed by atoms with van der Waals surface area (Å²) in [5.74, 6) is 0. The molecule has 2 aliphatic heterocycles. The second-order valence-corrected chi connectivity index (χ2v) is 5.57. The molecule has 1 aliphatic carbocycles. The zero-order chi connectivity index (χ0) is 11.1. The number of hydrogen-bond donors (Lipinski definition) is 0. The van der Waals surface area contributed by atoms with E-state index in [0.717, 1.165) is 19.4 Å². The molecule has 0 N–H and O–H groups in total. The van der Waals surface area contributed by atoms with E-state index in [-0.39, 0.29) is 5.41 Å². The average Bonchev–Trinajstić information content (AvgIpc) is 2.51. The van der Waals surface area contributed by atoms with Crippen LogP contribution in [-0.2, 0) is 0 Å². The highest BCUT2D eigenvalue weighted by molar-refractivity contribution is 5.09. The monoisotopic (exact) mass is 212 g/mol. The Morgan fingerprint density at radius 1 is 1.60 bits per heavy atom. The second kappa shape index (κ2) is 3.35. The van der Waals surface area contributed by atoms with Gasteiger partial charge in [-0.3, -0.25) is 4.90 Å². The average molecular weight is 212 g/mol. The Hall–Kier alpha value is -0.800. The molecule has 5 heteroatoms. The van der Waals surface area contributed by atoms with E-state index in [1.165, 1.54) is 0 Å². The molecule has 15 heavy (non-hydrogen) atoms. The van der Waals surface area contributed by atoms with Gasteiger partial charge >= 0.3 is 0 Å². The summed E-state index contributed by atoms with van der Waals surface area (Å²) < 4.78 is 13.5. The van der Waals surface area contributed by atoms with Gasteiger partial charge in [-0.05, 0) is 37.6 Å². The van der Waals surface area contributed by atoms with E-state index in [9.17, 15) is 4.39 Å². The number of rotatable bonds is 4. The van der Waals surface area contributed by atoms with Gasteiger partial charge in [0.1, 0.15) is 5.67 Å². The summed E-state index contributed by atoms with van der Waals surface area (Å²) in [6.45, 7) is 5.19. The van der Waals surface area contributed by atoms with Crippen molar-refractivity contribution in [2.24, 2.45) is 10.5 Å². The van der Waals surface area contributed by atoms with Crippen molar-refractivity contribution in [1.82, 2.24) is 4.90 Å². The smallest absolute Gasteiger partial charge is 0.118 e. The van der Waals surface area contributed by atoms with E-state index in [1.807, 2.05) is 0 Å². The SMILES string of the molecule is CC(C)(F)CN1CC2(CN=[N+]=[N-])CC1C2. The number of halogens is 1. The van der Waals surface area contributed by atoms with Crippen LogP contribution in [0.1, 0.15) is 26.7 Å². The van der Waals surface area contributed by atoms with Crippen LogP contribution in [-0.4, -0.2) is 36.2 Å². The summed E-state index contributed by atoms with van der Waals surface area (Å²) in [4.78, 5) is 5.00. The third kappa shape index (κ3) is 2.08. The minimum atomic E-state index is -1.13. The molecular formula is C10H17FN4. The Balaban J connectivity index is 1.92. The highest BCUT2D eigenvalue weighted by atomic mass is 19.1. The fourth-order valence-corrected chi connectivity index (χ4v) is 2.92. The number of azide groups is 1. The molecule has 3 rings (SSSR count). The molecule has 0 aromatic heterocycles. The molecule has 4 nitrogen and oxygen atoms in total. The molecule has 0 aromatic carbocycles. The van der Waals surface area contributed by atoms with Crippen LogP contribution in [0, 0.1) is 5.41 Å². The van der Waals surface area contributed by atoms with Gasteiger partial charge in [0, 0.05) is 30.6 Å². The zero-order valence-electron chi connectivity index (χ0n) is 9.28. The van der Waals surface area contributed by atoms with Gasteiger partial charge in [0.15, 0.2) is 0 Å². The maximum atomic E-state index is 13.5. The molecule has 2 heterocycles. The van der Waals surface area contributed by atoms with Gasteiger partial charge in [-0.25, -0.2) is 4.39 Å². The first-order chi connectivity index (χ1) is 6.94. The fourth-order valence-electron chi connectivity index (χ4n) is 2.92. The Morgan fingerprint density at radius 3 is 2.80 bits per heavy atom. The van der Waals surface area contributed by atoms with E-state index in [2.05, 4.69) is 14.9 Å². The number of fused-ring (bicyclic) bond motifs is 1. The van der Waals surface area contributed by atoms with E-state index in [1.54, 1.807) is 13.8 Å². The summed E-state index contributed by atoms with van der Waals surface area (Å²) in [5, 5.41) is 3.65. The third-order valence-corrected chi connectivity index (χ3v) is 3.44. The lowest BCUT2D eigenvalue weighted by molar-refractivity contribution is 0.117. The summed E-state index contributed by atoms with van der Waals surface area (Å²) in [7, 11) is 0. The van der Waals surface area contributed by atoms with Crippen molar-refractivity contribution in [3.05, 3.63) is 10.4 Å². The van der Waals surface area contributed by atoms with E-state index in [4.69, 9.17) is 5.53 Å². The highest BCUT2D eigenvalue weighted by Crippen LogP contribution is 2.52. The van der Waals surface area contributed by atoms with Gasteiger partial charge in [-0.2, -0.15) is 0 Å². The molecular weight excluding hydrogens is 195 g/mol. The van der Waals surface area contributed by atoms with Crippen LogP contribution in [0.15, 0.2) is 5.11 Å². The molecule has 3 aliphatic rings. The molecule has 84 valence electrons. The van der Waals surface area contributed by atoms with Gasteiger partial charge in [-0.1, -0.05) is 5.11 Å². The summed E-state index contributed by atoms with van der Waals surface area (Å²) in [6, 6.07) is 0.522. The molecule has 2 saturated heterocycles. The van der Waals surface area contributed by atoms with Crippen molar-refractivity contribution in [2.75, 3.05) is 19.6 Å². The Labute approximate surface area is 89.1 Å². The van der Waals surface area contributed by atoms with Crippen molar-refractivity contribution in [3.8, 4) is 0 Å². The van der Waals surface area contributed by atoms with Crippen molar-refractivity contribution in [1.29, 1.82) is 0 Å². The minimum Gasteiger partial charge on any atom is -0.297 e. The van der Waals surface area contributed by atoms with Gasteiger partial charge in [0.2, 0.25) is 0 Å². The lowest BCUT2D eigenvalue weighted by Gasteiger charge is -2.36. The largest absolute Gasteiger partial charge is 0.297 e. The van der Waals surface area contributed by atoms with Crippen LogP contribution in [0.3, 0.4) is 0 Å². The molecule has 3 fully saturated rings. The Morgan fingerprint density at radius 2 is 2.27 bits per heavy atom. The Kier molecular flexibility index (Phi) is 2.40. The molecule has 0 spiro atoms. The van der Waals surface area contributed by atoms with Gasteiger partial charge in [-0.15, -0.1) is 0 Å². The van der Waals surface area contributed by atoms with Crippen LogP contribution < -0.4 is 0 Å². The van der Waals surface area contributed by atoms with Crippen molar-refractivity contribution in [3.63, 3.8) is 0 Å². The third-order valence-electron chi connectivity index (χ3n) is 3.44. The number of hydrogen-bond acceptors (Lipinski definition) is 2. The molecule has 0 amide bonds. The maximum absolute atomic E-state index is 13.5. The van der Waals surface area contributed by atoms with Crippen LogP contribution in [0.5, 0.6) is 0 Å². The number of alkyl halides is 1. The summed E-state index contributed by atoms with van der Waals surface area (Å²) in [5.41, 5.74) is 7.34. The summed E-state index contributed by atoms with van der Waals surface area (Å²) in [6.07, 6.45) is 2.14. The van der Waals surface area contributed by atoms with Crippen LogP contribution in [0.2, 0.25) is 0 Å². The first-order valence-corrected chi connectivity index (χ1v) is 5.38. The normalized spacial score (nSPS) is 34.7. The Bertz CT molecular complexity index is 297. The first-order valence-electron chi connectivity index (χ1n) is 5.38. The molecule has 0 atom stereocenters. The quantitative estimate of drug-likeness (QED) is 0.401. The molecule has 0 aromatic rings. The predicted molar refractivity (Wildman–Crippen MR) is 56.2 cm³/mol. The molecule has 2 bridgehead atoms. The van der Waals surface area contributed by atoms with Crippen LogP contribution in [0.25, 0.3) is 10.4 Å². The fraction of sp³-hybridized carbons (Fsp3) is 1.00. The molecule has 1 saturated carbocycles. The molecule has 0 unspecified atom stereocenters. The lowest BCUT2D eigenvalue weighted by Crippen LogP contribution is -2.39. The van der Waals surface area contributed by atoms with Gasteiger partial charge < -0.3 is 0 Å². The summed E-state index contributed by atoms with van der Waals surface area (Å²) >= 11 is 0. The van der Waals surface area contributed by atoms with Crippen molar-refractivity contribution in [2.45, 2.75) is 38.4 Å². The van der Waals surface area contributed by atoms with Crippen molar-refractivity contribution < 1.29 is 4.39 Å². The topological polar surface area (TPSA) is 52.0 Å². The first kappa shape index (κ1) is 10.7. The minimum absolute atomic E-state index is 0.169. The number of nitrogens with zero attached hydrogens (tertiary/aromatic N) is 4.